The van der Waals surface area contributed by atoms with E-state index in [4.69, 9.17) is 4.74 Å². The largest absolute Gasteiger partial charge is 0.395 e. The Labute approximate surface area is 156 Å². The molecule has 0 spiro atoms. The minimum absolute atomic E-state index is 0.0242. The van der Waals surface area contributed by atoms with Gasteiger partial charge in [0.15, 0.2) is 0 Å². The van der Waals surface area contributed by atoms with Gasteiger partial charge in [-0.3, -0.25) is 9.69 Å². The first-order valence-electron chi connectivity index (χ1n) is 9.14. The number of aliphatic hydroxyl groups excluding tert-OH is 1. The van der Waals surface area contributed by atoms with Crippen LogP contribution in [0.5, 0.6) is 0 Å². The van der Waals surface area contributed by atoms with Gasteiger partial charge in [-0.1, -0.05) is 36.4 Å². The van der Waals surface area contributed by atoms with E-state index >= 15 is 0 Å². The summed E-state index contributed by atoms with van der Waals surface area (Å²) in [5, 5.41) is 12.2. The number of carbonyl (C=O) groups is 1. The van der Waals surface area contributed by atoms with Crippen molar-refractivity contribution in [3.05, 3.63) is 53.1 Å². The Kier molecular flexibility index (Phi) is 8.04. The monoisotopic (exact) mass is 358 g/mol. The molecule has 5 heteroatoms. The van der Waals surface area contributed by atoms with Crippen LogP contribution in [0, 0.1) is 0 Å². The van der Waals surface area contributed by atoms with Gasteiger partial charge < -0.3 is 15.2 Å². The van der Waals surface area contributed by atoms with Crippen LogP contribution >= 0.6 is 0 Å². The number of allylic oxidation sites excluding steroid dienone is 1. The zero-order valence-electron chi connectivity index (χ0n) is 16.0. The maximum absolute atomic E-state index is 12.9. The summed E-state index contributed by atoms with van der Waals surface area (Å²) in [7, 11) is 3.62. The summed E-state index contributed by atoms with van der Waals surface area (Å²) in [6.07, 6.45) is 3.79. The molecule has 1 aliphatic rings. The smallest absolute Gasteiger partial charge is 0.248 e. The molecular formula is C21H30N2O3. The standard InChI is InChI=1S/C21H30N2O3/c1-16(15-26-3)22-21(25)19-11-7-10-18(14-23(2)12-13-24)20(19)17-8-5-4-6-9-17/h4-6,8-10,16,24H,7,11-15H2,1-3H3,(H,22,25). The fourth-order valence-electron chi connectivity index (χ4n) is 3.29. The van der Waals surface area contributed by atoms with E-state index in [-0.39, 0.29) is 18.6 Å². The van der Waals surface area contributed by atoms with Crippen molar-refractivity contribution in [2.45, 2.75) is 25.8 Å². The quantitative estimate of drug-likeness (QED) is 0.711. The fourth-order valence-corrected chi connectivity index (χ4v) is 3.29. The third kappa shape index (κ3) is 5.53. The van der Waals surface area contributed by atoms with E-state index in [1.54, 1.807) is 7.11 Å². The molecule has 2 rings (SSSR count). The number of nitrogens with one attached hydrogen (secondary N) is 1. The highest BCUT2D eigenvalue weighted by molar-refractivity contribution is 6.05. The van der Waals surface area contributed by atoms with Gasteiger partial charge in [0.25, 0.3) is 0 Å². The minimum Gasteiger partial charge on any atom is -0.395 e. The summed E-state index contributed by atoms with van der Waals surface area (Å²) in [5.41, 5.74) is 4.04. The first kappa shape index (κ1) is 20.4. The number of carbonyl (C=O) groups excluding carboxylic acids is 1. The molecule has 1 aromatic rings. The van der Waals surface area contributed by atoms with Gasteiger partial charge in [-0.2, -0.15) is 0 Å². The highest BCUT2D eigenvalue weighted by atomic mass is 16.5. The lowest BCUT2D eigenvalue weighted by Gasteiger charge is -2.26. The molecule has 0 fully saturated rings. The number of hydrogen-bond acceptors (Lipinski definition) is 4. The minimum atomic E-state index is -0.0385. The molecule has 0 radical (unpaired) electrons. The second-order valence-electron chi connectivity index (χ2n) is 6.78. The average Bonchev–Trinajstić information content (AvgIpc) is 2.62. The number of aliphatic hydroxyl groups is 1. The molecule has 0 heterocycles. The summed E-state index contributed by atoms with van der Waals surface area (Å²) < 4.78 is 5.13. The van der Waals surface area contributed by atoms with Crippen LogP contribution in [0.1, 0.15) is 25.3 Å². The molecule has 26 heavy (non-hydrogen) atoms. The molecule has 1 unspecified atom stereocenters. The molecular weight excluding hydrogens is 328 g/mol. The van der Waals surface area contributed by atoms with E-state index in [0.717, 1.165) is 35.1 Å². The summed E-state index contributed by atoms with van der Waals surface area (Å²) >= 11 is 0. The summed E-state index contributed by atoms with van der Waals surface area (Å²) in [6, 6.07) is 10.0. The Balaban J connectivity index is 2.35. The fraction of sp³-hybridized carbons (Fsp3) is 0.476. The molecule has 1 aliphatic carbocycles. The van der Waals surface area contributed by atoms with Gasteiger partial charge in [-0.15, -0.1) is 0 Å². The summed E-state index contributed by atoms with van der Waals surface area (Å²) in [6.45, 7) is 3.86. The Morgan fingerprint density at radius 3 is 2.73 bits per heavy atom. The lowest BCUT2D eigenvalue weighted by atomic mass is 9.85. The number of likely N-dealkylation sites (N-methyl/N-ethyl adjacent to an activating group) is 1. The molecule has 2 N–H and O–H groups in total. The second kappa shape index (κ2) is 10.3. The van der Waals surface area contributed by atoms with Crippen LogP contribution in [0.4, 0.5) is 0 Å². The van der Waals surface area contributed by atoms with Crippen LogP contribution in [0.25, 0.3) is 5.57 Å². The summed E-state index contributed by atoms with van der Waals surface area (Å²) in [5.74, 6) is -0.0242. The van der Waals surface area contributed by atoms with Crippen molar-refractivity contribution in [1.29, 1.82) is 0 Å². The van der Waals surface area contributed by atoms with Crippen molar-refractivity contribution in [2.75, 3.05) is 40.5 Å². The van der Waals surface area contributed by atoms with Crippen LogP contribution in [-0.4, -0.2) is 62.4 Å². The maximum atomic E-state index is 12.9. The molecule has 0 aliphatic heterocycles. The lowest BCUT2D eigenvalue weighted by Crippen LogP contribution is -2.37. The Morgan fingerprint density at radius 1 is 1.35 bits per heavy atom. The van der Waals surface area contributed by atoms with Gasteiger partial charge in [0.2, 0.25) is 5.91 Å². The van der Waals surface area contributed by atoms with Gasteiger partial charge in [-0.25, -0.2) is 0 Å². The summed E-state index contributed by atoms with van der Waals surface area (Å²) in [4.78, 5) is 15.0. The number of methoxy groups -OCH3 is 1. The van der Waals surface area contributed by atoms with E-state index in [9.17, 15) is 9.90 Å². The van der Waals surface area contributed by atoms with Crippen molar-refractivity contribution in [3.8, 4) is 0 Å². The number of nitrogens with zero attached hydrogens (tertiary/aromatic N) is 1. The Hall–Kier alpha value is -1.95. The number of hydrogen-bond donors (Lipinski definition) is 2. The Morgan fingerprint density at radius 2 is 2.08 bits per heavy atom. The second-order valence-corrected chi connectivity index (χ2v) is 6.78. The van der Waals surface area contributed by atoms with Gasteiger partial charge in [0.05, 0.1) is 13.2 Å². The number of rotatable bonds is 9. The van der Waals surface area contributed by atoms with Crippen LogP contribution in [0.15, 0.2) is 47.6 Å². The molecule has 0 saturated carbocycles. The van der Waals surface area contributed by atoms with E-state index in [2.05, 4.69) is 16.3 Å². The average molecular weight is 358 g/mol. The number of benzene rings is 1. The van der Waals surface area contributed by atoms with E-state index < -0.39 is 0 Å². The van der Waals surface area contributed by atoms with Crippen molar-refractivity contribution in [1.82, 2.24) is 10.2 Å². The van der Waals surface area contributed by atoms with E-state index in [1.165, 1.54) is 0 Å². The molecule has 5 nitrogen and oxygen atoms in total. The molecule has 1 atom stereocenters. The van der Waals surface area contributed by atoms with E-state index in [0.29, 0.717) is 19.7 Å². The normalized spacial score (nSPS) is 15.8. The zero-order valence-corrected chi connectivity index (χ0v) is 16.0. The molecule has 1 aromatic carbocycles. The highest BCUT2D eigenvalue weighted by Gasteiger charge is 2.24. The Bertz CT molecular complexity index is 652. The van der Waals surface area contributed by atoms with Crippen molar-refractivity contribution in [3.63, 3.8) is 0 Å². The van der Waals surface area contributed by atoms with Gasteiger partial charge in [-0.05, 0) is 43.5 Å². The molecule has 142 valence electrons. The van der Waals surface area contributed by atoms with Crippen molar-refractivity contribution < 1.29 is 14.6 Å². The first-order valence-corrected chi connectivity index (χ1v) is 9.14. The number of ether oxygens (including phenoxy) is 1. The molecule has 1 amide bonds. The number of amides is 1. The highest BCUT2D eigenvalue weighted by Crippen LogP contribution is 2.34. The van der Waals surface area contributed by atoms with Crippen molar-refractivity contribution in [2.24, 2.45) is 0 Å². The van der Waals surface area contributed by atoms with Crippen molar-refractivity contribution >= 4 is 11.5 Å². The first-order chi connectivity index (χ1) is 12.6. The van der Waals surface area contributed by atoms with Gasteiger partial charge >= 0.3 is 0 Å². The van der Waals surface area contributed by atoms with Gasteiger partial charge in [0.1, 0.15) is 0 Å². The SMILES string of the molecule is COCC(C)NC(=O)C1=C(c2ccccc2)C(CN(C)CCO)=CCC1. The third-order valence-electron chi connectivity index (χ3n) is 4.46. The van der Waals surface area contributed by atoms with Crippen LogP contribution < -0.4 is 5.32 Å². The zero-order chi connectivity index (χ0) is 18.9. The molecule has 0 saturated heterocycles. The third-order valence-corrected chi connectivity index (χ3v) is 4.46. The molecule has 0 bridgehead atoms. The lowest BCUT2D eigenvalue weighted by molar-refractivity contribution is -0.118. The van der Waals surface area contributed by atoms with E-state index in [1.807, 2.05) is 44.3 Å². The predicted octanol–water partition coefficient (Wildman–Crippen LogP) is 2.24. The van der Waals surface area contributed by atoms with Crippen LogP contribution in [-0.2, 0) is 9.53 Å². The predicted molar refractivity (Wildman–Crippen MR) is 105 cm³/mol. The topological polar surface area (TPSA) is 61.8 Å². The van der Waals surface area contributed by atoms with Gasteiger partial charge in [0, 0.05) is 31.8 Å². The molecule has 0 aromatic heterocycles. The maximum Gasteiger partial charge on any atom is 0.248 e. The van der Waals surface area contributed by atoms with Crippen LogP contribution in [0.2, 0.25) is 0 Å². The van der Waals surface area contributed by atoms with Crippen LogP contribution in [0.3, 0.4) is 0 Å².